The monoisotopic (exact) mass is 223 g/mol. The van der Waals surface area contributed by atoms with Crippen molar-refractivity contribution >= 4 is 29.3 Å². The average molecular weight is 224 g/mol. The number of carbonyl (C=O) groups is 1. The van der Waals surface area contributed by atoms with Crippen molar-refractivity contribution in [3.8, 4) is 0 Å². The van der Waals surface area contributed by atoms with E-state index in [1.165, 1.54) is 0 Å². The molecule has 0 saturated carbocycles. The molecule has 2 unspecified atom stereocenters. The summed E-state index contributed by atoms with van der Waals surface area (Å²) in [5, 5.41) is 2.93. The Hall–Kier alpha value is 0.110. The number of amides is 1. The topological polar surface area (TPSA) is 29.1 Å². The molecule has 0 aliphatic carbocycles. The predicted octanol–water partition coefficient (Wildman–Crippen LogP) is 2.12. The smallest absolute Gasteiger partial charge is 0.221 e. The Morgan fingerprint density at radius 1 is 1.54 bits per heavy atom. The third-order valence-electron chi connectivity index (χ3n) is 2.02. The first-order chi connectivity index (χ1) is 6.11. The fraction of sp³-hybridized carbons (Fsp3) is 0.889. The third kappa shape index (κ3) is 6.22. The summed E-state index contributed by atoms with van der Waals surface area (Å²) in [5.41, 5.74) is 0. The Morgan fingerprint density at radius 3 is 2.62 bits per heavy atom. The van der Waals surface area contributed by atoms with Crippen molar-refractivity contribution < 1.29 is 4.79 Å². The lowest BCUT2D eigenvalue weighted by Crippen LogP contribution is -2.37. The van der Waals surface area contributed by atoms with E-state index < -0.39 is 0 Å². The second-order valence-electron chi connectivity index (χ2n) is 3.23. The summed E-state index contributed by atoms with van der Waals surface area (Å²) in [6, 6.07) is 0.173. The van der Waals surface area contributed by atoms with Gasteiger partial charge in [0, 0.05) is 24.1 Å². The minimum atomic E-state index is 0.124. The Bertz CT molecular complexity index is 155. The largest absolute Gasteiger partial charge is 0.353 e. The van der Waals surface area contributed by atoms with Crippen molar-refractivity contribution in [2.45, 2.75) is 26.3 Å². The number of hydrogen-bond donors (Lipinski definition) is 1. The number of thioether (sulfide) groups is 1. The highest BCUT2D eigenvalue weighted by Gasteiger charge is 2.12. The van der Waals surface area contributed by atoms with Gasteiger partial charge in [0.15, 0.2) is 0 Å². The standard InChI is InChI=1S/C9H18ClNOS/c1-7(6-10)8(2)11-9(12)4-5-13-3/h7-8H,4-6H2,1-3H3,(H,11,12). The van der Waals surface area contributed by atoms with Gasteiger partial charge in [-0.3, -0.25) is 4.79 Å². The van der Waals surface area contributed by atoms with E-state index in [0.29, 0.717) is 18.2 Å². The van der Waals surface area contributed by atoms with Crippen LogP contribution in [0.25, 0.3) is 0 Å². The first kappa shape index (κ1) is 13.1. The maximum absolute atomic E-state index is 11.3. The van der Waals surface area contributed by atoms with Crippen molar-refractivity contribution in [1.29, 1.82) is 0 Å². The fourth-order valence-corrected chi connectivity index (χ4v) is 1.45. The second-order valence-corrected chi connectivity index (χ2v) is 4.52. The van der Waals surface area contributed by atoms with Gasteiger partial charge in [0.05, 0.1) is 0 Å². The first-order valence-electron chi connectivity index (χ1n) is 4.46. The second kappa shape index (κ2) is 7.51. The van der Waals surface area contributed by atoms with Crippen molar-refractivity contribution in [2.75, 3.05) is 17.9 Å². The lowest BCUT2D eigenvalue weighted by atomic mass is 10.1. The van der Waals surface area contributed by atoms with Gasteiger partial charge in [0.25, 0.3) is 0 Å². The summed E-state index contributed by atoms with van der Waals surface area (Å²) in [7, 11) is 0. The Labute approximate surface area is 89.8 Å². The zero-order valence-electron chi connectivity index (χ0n) is 8.47. The van der Waals surface area contributed by atoms with Crippen LogP contribution in [0.15, 0.2) is 0 Å². The van der Waals surface area contributed by atoms with E-state index in [9.17, 15) is 4.79 Å². The van der Waals surface area contributed by atoms with Gasteiger partial charge in [-0.1, -0.05) is 6.92 Å². The molecule has 0 bridgehead atoms. The van der Waals surface area contributed by atoms with Crippen LogP contribution in [-0.2, 0) is 4.79 Å². The molecule has 0 radical (unpaired) electrons. The Balaban J connectivity index is 3.64. The summed E-state index contributed by atoms with van der Waals surface area (Å²) in [6.45, 7) is 4.02. The maximum atomic E-state index is 11.3. The number of halogens is 1. The summed E-state index contributed by atoms with van der Waals surface area (Å²) in [6.07, 6.45) is 2.60. The van der Waals surface area contributed by atoms with Gasteiger partial charge in [0.1, 0.15) is 0 Å². The molecule has 1 amide bonds. The summed E-state index contributed by atoms with van der Waals surface area (Å²) < 4.78 is 0. The summed E-state index contributed by atoms with van der Waals surface area (Å²) in [5.74, 6) is 1.93. The fourth-order valence-electron chi connectivity index (χ4n) is 0.797. The molecule has 0 saturated heterocycles. The van der Waals surface area contributed by atoms with Crippen LogP contribution in [-0.4, -0.2) is 29.8 Å². The van der Waals surface area contributed by atoms with Crippen molar-refractivity contribution in [2.24, 2.45) is 5.92 Å². The molecule has 2 nitrogen and oxygen atoms in total. The molecule has 0 rings (SSSR count). The first-order valence-corrected chi connectivity index (χ1v) is 6.39. The highest BCUT2D eigenvalue weighted by atomic mass is 35.5. The number of alkyl halides is 1. The SMILES string of the molecule is CSCCC(=O)NC(C)C(C)CCl. The van der Waals surface area contributed by atoms with Gasteiger partial charge in [0.2, 0.25) is 5.91 Å². The number of rotatable bonds is 6. The highest BCUT2D eigenvalue weighted by molar-refractivity contribution is 7.98. The molecule has 0 aromatic heterocycles. The molecule has 0 fully saturated rings. The van der Waals surface area contributed by atoms with Gasteiger partial charge >= 0.3 is 0 Å². The van der Waals surface area contributed by atoms with E-state index in [1.807, 2.05) is 20.1 Å². The zero-order valence-corrected chi connectivity index (χ0v) is 10.0. The van der Waals surface area contributed by atoms with Crippen LogP contribution < -0.4 is 5.32 Å². The molecule has 0 aromatic rings. The third-order valence-corrected chi connectivity index (χ3v) is 3.12. The molecule has 0 aliphatic rings. The molecule has 2 atom stereocenters. The van der Waals surface area contributed by atoms with Crippen LogP contribution in [0.3, 0.4) is 0 Å². The molecular formula is C9H18ClNOS. The highest BCUT2D eigenvalue weighted by Crippen LogP contribution is 2.05. The normalized spacial score (nSPS) is 15.1. The van der Waals surface area contributed by atoms with Crippen molar-refractivity contribution in [3.05, 3.63) is 0 Å². The molecular weight excluding hydrogens is 206 g/mol. The van der Waals surface area contributed by atoms with Gasteiger partial charge < -0.3 is 5.32 Å². The maximum Gasteiger partial charge on any atom is 0.221 e. The molecule has 0 aliphatic heterocycles. The molecule has 4 heteroatoms. The van der Waals surface area contributed by atoms with E-state index in [2.05, 4.69) is 5.32 Å². The van der Waals surface area contributed by atoms with Crippen LogP contribution in [0, 0.1) is 5.92 Å². The van der Waals surface area contributed by atoms with E-state index in [1.54, 1.807) is 11.8 Å². The Morgan fingerprint density at radius 2 is 2.15 bits per heavy atom. The minimum Gasteiger partial charge on any atom is -0.353 e. The Kier molecular flexibility index (Phi) is 7.57. The lowest BCUT2D eigenvalue weighted by Gasteiger charge is -2.18. The number of carbonyl (C=O) groups excluding carboxylic acids is 1. The molecule has 13 heavy (non-hydrogen) atoms. The quantitative estimate of drug-likeness (QED) is 0.699. The van der Waals surface area contributed by atoms with E-state index in [4.69, 9.17) is 11.6 Å². The predicted molar refractivity (Wildman–Crippen MR) is 60.5 cm³/mol. The van der Waals surface area contributed by atoms with Gasteiger partial charge in [-0.05, 0) is 19.1 Å². The van der Waals surface area contributed by atoms with E-state index in [-0.39, 0.29) is 11.9 Å². The summed E-state index contributed by atoms with van der Waals surface area (Å²) in [4.78, 5) is 11.3. The molecule has 0 aromatic carbocycles. The lowest BCUT2D eigenvalue weighted by molar-refractivity contribution is -0.121. The van der Waals surface area contributed by atoms with Crippen LogP contribution in [0.4, 0.5) is 0 Å². The average Bonchev–Trinajstić information content (AvgIpc) is 2.13. The van der Waals surface area contributed by atoms with Crippen LogP contribution in [0.5, 0.6) is 0 Å². The van der Waals surface area contributed by atoms with E-state index in [0.717, 1.165) is 5.75 Å². The molecule has 1 N–H and O–H groups in total. The van der Waals surface area contributed by atoms with Crippen LogP contribution >= 0.6 is 23.4 Å². The van der Waals surface area contributed by atoms with Crippen molar-refractivity contribution in [3.63, 3.8) is 0 Å². The summed E-state index contributed by atoms with van der Waals surface area (Å²) >= 11 is 7.36. The van der Waals surface area contributed by atoms with E-state index >= 15 is 0 Å². The van der Waals surface area contributed by atoms with Crippen LogP contribution in [0.2, 0.25) is 0 Å². The van der Waals surface area contributed by atoms with Gasteiger partial charge in [-0.2, -0.15) is 11.8 Å². The molecule has 0 spiro atoms. The van der Waals surface area contributed by atoms with Gasteiger partial charge in [-0.15, -0.1) is 11.6 Å². The van der Waals surface area contributed by atoms with Gasteiger partial charge in [-0.25, -0.2) is 0 Å². The zero-order chi connectivity index (χ0) is 10.3. The molecule has 0 heterocycles. The number of hydrogen-bond acceptors (Lipinski definition) is 2. The van der Waals surface area contributed by atoms with Crippen molar-refractivity contribution in [1.82, 2.24) is 5.32 Å². The minimum absolute atomic E-state index is 0.124. The molecule has 78 valence electrons. The van der Waals surface area contributed by atoms with Crippen LogP contribution in [0.1, 0.15) is 20.3 Å². The number of nitrogens with one attached hydrogen (secondary N) is 1.